The third-order valence-corrected chi connectivity index (χ3v) is 2.10. The van der Waals surface area contributed by atoms with E-state index in [1.807, 2.05) is 0 Å². The number of hydrogen-bond donors (Lipinski definition) is 2. The van der Waals surface area contributed by atoms with Gasteiger partial charge in [0.25, 0.3) is 5.91 Å². The number of phenolic OH excluding ortho intramolecular Hbond substituents is 1. The first-order chi connectivity index (χ1) is 5.66. The molecule has 12 heavy (non-hydrogen) atoms. The van der Waals surface area contributed by atoms with Crippen molar-refractivity contribution >= 4 is 21.8 Å². The highest BCUT2D eigenvalue weighted by atomic mass is 79.9. The Hall–Kier alpha value is -1.03. The lowest BCUT2D eigenvalue weighted by atomic mass is 10.2. The van der Waals surface area contributed by atoms with Crippen LogP contribution in [0.1, 0.15) is 10.4 Å². The monoisotopic (exact) mass is 229 g/mol. The maximum Gasteiger partial charge on any atom is 0.254 e. The van der Waals surface area contributed by atoms with E-state index in [2.05, 4.69) is 21.2 Å². The van der Waals surface area contributed by atoms with Crippen molar-refractivity contribution in [2.24, 2.45) is 0 Å². The zero-order chi connectivity index (χ0) is 9.14. The molecule has 0 fully saturated rings. The van der Waals surface area contributed by atoms with E-state index in [-0.39, 0.29) is 17.2 Å². The predicted molar refractivity (Wildman–Crippen MR) is 49.2 cm³/mol. The van der Waals surface area contributed by atoms with Gasteiger partial charge >= 0.3 is 0 Å². The summed E-state index contributed by atoms with van der Waals surface area (Å²) in [6.07, 6.45) is 0. The summed E-state index contributed by atoms with van der Waals surface area (Å²) in [4.78, 5) is 11.1. The van der Waals surface area contributed by atoms with E-state index in [0.717, 1.165) is 0 Å². The van der Waals surface area contributed by atoms with Crippen LogP contribution >= 0.6 is 15.9 Å². The molecule has 2 N–H and O–H groups in total. The van der Waals surface area contributed by atoms with Gasteiger partial charge in [0.05, 0.1) is 10.0 Å². The molecule has 0 unspecified atom stereocenters. The lowest BCUT2D eigenvalue weighted by molar-refractivity contribution is 0.0960. The zero-order valence-corrected chi connectivity index (χ0v) is 8.05. The number of nitrogens with one attached hydrogen (secondary N) is 1. The Morgan fingerprint density at radius 2 is 2.25 bits per heavy atom. The van der Waals surface area contributed by atoms with Gasteiger partial charge in [0.2, 0.25) is 0 Å². The van der Waals surface area contributed by atoms with E-state index >= 15 is 0 Å². The van der Waals surface area contributed by atoms with Crippen LogP contribution in [0.4, 0.5) is 0 Å². The number of carbonyl (C=O) groups excluding carboxylic acids is 1. The predicted octanol–water partition coefficient (Wildman–Crippen LogP) is 1.51. The van der Waals surface area contributed by atoms with Gasteiger partial charge in [-0.05, 0) is 28.1 Å². The van der Waals surface area contributed by atoms with E-state index in [1.165, 1.54) is 7.05 Å². The summed E-state index contributed by atoms with van der Waals surface area (Å²) in [5, 5.41) is 11.8. The molecule has 0 spiro atoms. The van der Waals surface area contributed by atoms with Crippen molar-refractivity contribution in [3.05, 3.63) is 28.2 Å². The third kappa shape index (κ3) is 1.58. The Morgan fingerprint density at radius 3 is 2.83 bits per heavy atom. The summed E-state index contributed by atoms with van der Waals surface area (Å²) < 4.78 is 0.517. The average molecular weight is 230 g/mol. The smallest absolute Gasteiger partial charge is 0.254 e. The molecule has 3 nitrogen and oxygen atoms in total. The van der Waals surface area contributed by atoms with Crippen LogP contribution in [0.5, 0.6) is 5.75 Å². The van der Waals surface area contributed by atoms with E-state index < -0.39 is 0 Å². The number of carbonyl (C=O) groups is 1. The third-order valence-electron chi connectivity index (χ3n) is 1.46. The summed E-state index contributed by atoms with van der Waals surface area (Å²) in [6.45, 7) is 0. The van der Waals surface area contributed by atoms with Crippen molar-refractivity contribution in [1.82, 2.24) is 5.32 Å². The largest absolute Gasteiger partial charge is 0.506 e. The summed E-state index contributed by atoms with van der Waals surface area (Å²) in [5.74, 6) is -0.328. The lowest BCUT2D eigenvalue weighted by Crippen LogP contribution is -2.17. The van der Waals surface area contributed by atoms with E-state index in [0.29, 0.717) is 4.47 Å². The minimum Gasteiger partial charge on any atom is -0.506 e. The number of para-hydroxylation sites is 1. The average Bonchev–Trinajstić information content (AvgIpc) is 2.08. The van der Waals surface area contributed by atoms with Gasteiger partial charge in [-0.15, -0.1) is 0 Å². The highest BCUT2D eigenvalue weighted by Crippen LogP contribution is 2.26. The number of rotatable bonds is 1. The second kappa shape index (κ2) is 3.58. The summed E-state index contributed by atoms with van der Waals surface area (Å²) in [5.41, 5.74) is 0.270. The first-order valence-electron chi connectivity index (χ1n) is 3.36. The Labute approximate surface area is 78.5 Å². The van der Waals surface area contributed by atoms with Gasteiger partial charge in [0.15, 0.2) is 0 Å². The zero-order valence-electron chi connectivity index (χ0n) is 6.47. The summed E-state index contributed by atoms with van der Waals surface area (Å²) in [6, 6.07) is 4.91. The molecule has 0 aliphatic rings. The van der Waals surface area contributed by atoms with Crippen LogP contribution < -0.4 is 5.32 Å². The Kier molecular flexibility index (Phi) is 2.70. The summed E-state index contributed by atoms with van der Waals surface area (Å²) >= 11 is 3.11. The van der Waals surface area contributed by atoms with Crippen LogP contribution in [0, 0.1) is 0 Å². The fourth-order valence-corrected chi connectivity index (χ4v) is 1.20. The minimum absolute atomic E-state index is 0.0307. The molecule has 64 valence electrons. The minimum atomic E-state index is -0.297. The van der Waals surface area contributed by atoms with Gasteiger partial charge in [-0.25, -0.2) is 0 Å². The number of benzene rings is 1. The fourth-order valence-electron chi connectivity index (χ4n) is 0.833. The maximum atomic E-state index is 11.1. The molecule has 1 amide bonds. The number of halogens is 1. The van der Waals surface area contributed by atoms with Crippen molar-refractivity contribution in [2.45, 2.75) is 0 Å². The molecule has 0 saturated heterocycles. The molecular formula is C8H8BrNO2. The van der Waals surface area contributed by atoms with Crippen LogP contribution in [-0.2, 0) is 0 Å². The van der Waals surface area contributed by atoms with E-state index in [4.69, 9.17) is 0 Å². The molecule has 0 atom stereocenters. The Morgan fingerprint density at radius 1 is 1.58 bits per heavy atom. The van der Waals surface area contributed by atoms with Gasteiger partial charge < -0.3 is 10.4 Å². The molecule has 0 aliphatic heterocycles. The molecule has 0 aromatic heterocycles. The van der Waals surface area contributed by atoms with Gasteiger partial charge in [0, 0.05) is 7.05 Å². The lowest BCUT2D eigenvalue weighted by Gasteiger charge is -2.03. The van der Waals surface area contributed by atoms with Crippen LogP contribution in [0.25, 0.3) is 0 Å². The Bertz CT molecular complexity index is 312. The molecular weight excluding hydrogens is 222 g/mol. The Balaban J connectivity index is 3.16. The van der Waals surface area contributed by atoms with Crippen LogP contribution in [0.15, 0.2) is 22.7 Å². The standard InChI is InChI=1S/C8H8BrNO2/c1-10-8(12)5-3-2-4-6(9)7(5)11/h2-4,11H,1H3,(H,10,12). The second-order valence-corrected chi connectivity index (χ2v) is 3.07. The highest BCUT2D eigenvalue weighted by molar-refractivity contribution is 9.10. The number of hydrogen-bond acceptors (Lipinski definition) is 2. The van der Waals surface area contributed by atoms with E-state index in [9.17, 15) is 9.90 Å². The molecule has 0 heterocycles. The van der Waals surface area contributed by atoms with Crippen LogP contribution in [0.2, 0.25) is 0 Å². The SMILES string of the molecule is CNC(=O)c1cccc(Br)c1O. The van der Waals surface area contributed by atoms with Crippen molar-refractivity contribution in [3.63, 3.8) is 0 Å². The number of phenols is 1. The van der Waals surface area contributed by atoms with Crippen LogP contribution in [-0.4, -0.2) is 18.1 Å². The summed E-state index contributed by atoms with van der Waals surface area (Å²) in [7, 11) is 1.52. The number of amides is 1. The molecule has 1 aromatic carbocycles. The van der Waals surface area contributed by atoms with Crippen LogP contribution in [0.3, 0.4) is 0 Å². The van der Waals surface area contributed by atoms with Gasteiger partial charge in [-0.3, -0.25) is 4.79 Å². The van der Waals surface area contributed by atoms with Gasteiger partial charge in [-0.2, -0.15) is 0 Å². The molecule has 0 aliphatic carbocycles. The van der Waals surface area contributed by atoms with E-state index in [1.54, 1.807) is 18.2 Å². The second-order valence-electron chi connectivity index (χ2n) is 2.22. The normalized spacial score (nSPS) is 9.50. The topological polar surface area (TPSA) is 49.3 Å². The van der Waals surface area contributed by atoms with Gasteiger partial charge in [0.1, 0.15) is 5.75 Å². The fraction of sp³-hybridized carbons (Fsp3) is 0.125. The molecule has 0 bridgehead atoms. The maximum absolute atomic E-state index is 11.1. The molecule has 4 heteroatoms. The quantitative estimate of drug-likeness (QED) is 0.768. The molecule has 0 saturated carbocycles. The first-order valence-corrected chi connectivity index (χ1v) is 4.15. The highest BCUT2D eigenvalue weighted by Gasteiger charge is 2.10. The first kappa shape index (κ1) is 9.06. The van der Waals surface area contributed by atoms with Crippen molar-refractivity contribution < 1.29 is 9.90 Å². The van der Waals surface area contributed by atoms with Crippen molar-refractivity contribution in [1.29, 1.82) is 0 Å². The molecule has 1 aromatic rings. The molecule has 1 rings (SSSR count). The van der Waals surface area contributed by atoms with Gasteiger partial charge in [-0.1, -0.05) is 6.07 Å². The van der Waals surface area contributed by atoms with Crippen molar-refractivity contribution in [2.75, 3.05) is 7.05 Å². The number of aromatic hydroxyl groups is 1. The molecule has 0 radical (unpaired) electrons. The van der Waals surface area contributed by atoms with Crippen molar-refractivity contribution in [3.8, 4) is 5.75 Å².